The predicted octanol–water partition coefficient (Wildman–Crippen LogP) is 2.78. The number of ether oxygens (including phenoxy) is 2. The molecule has 7 heteroatoms. The first kappa shape index (κ1) is 19.2. The minimum Gasteiger partial charge on any atom is -0.496 e. The number of fused-ring (bicyclic) bond motifs is 1. The third-order valence-corrected chi connectivity index (χ3v) is 4.19. The van der Waals surface area contributed by atoms with Crippen LogP contribution in [-0.4, -0.2) is 37.3 Å². The molecule has 2 amide bonds. The molecule has 7 nitrogen and oxygen atoms in total. The topological polar surface area (TPSA) is 96.9 Å². The van der Waals surface area contributed by atoms with Crippen molar-refractivity contribution in [1.29, 1.82) is 0 Å². The summed E-state index contributed by atoms with van der Waals surface area (Å²) in [5, 5.41) is 13.4. The minimum absolute atomic E-state index is 0.249. The van der Waals surface area contributed by atoms with Gasteiger partial charge in [0, 0.05) is 5.56 Å². The maximum atomic E-state index is 12.5. The molecule has 0 heterocycles. The molecular formula is C21H20N2O5. The molecule has 0 aromatic heterocycles. The van der Waals surface area contributed by atoms with Gasteiger partial charge in [0.15, 0.2) is 0 Å². The van der Waals surface area contributed by atoms with Gasteiger partial charge < -0.3 is 14.8 Å². The lowest BCUT2D eigenvalue weighted by Gasteiger charge is -2.12. The van der Waals surface area contributed by atoms with Gasteiger partial charge in [0.1, 0.15) is 18.1 Å². The van der Waals surface area contributed by atoms with Crippen molar-refractivity contribution in [1.82, 2.24) is 10.8 Å². The standard InChI is InChI=1S/C21H20N2O5/c1-27-19-13-16-5-3-2-4-15(16)12-18(19)21(25)22-10-11-28-17-8-6-14(7-9-17)20(24)23-26/h2-9,12-13,26H,10-11H2,1H3,(H,22,25)(H,23,24). The second kappa shape index (κ2) is 8.88. The average molecular weight is 380 g/mol. The van der Waals surface area contributed by atoms with Crippen LogP contribution in [0.25, 0.3) is 10.8 Å². The Kier molecular flexibility index (Phi) is 6.08. The minimum atomic E-state index is -0.594. The van der Waals surface area contributed by atoms with Crippen molar-refractivity contribution in [3.63, 3.8) is 0 Å². The molecule has 3 aromatic rings. The average Bonchev–Trinajstić information content (AvgIpc) is 2.75. The molecule has 0 radical (unpaired) electrons. The highest BCUT2D eigenvalue weighted by Gasteiger charge is 2.13. The molecule has 0 saturated heterocycles. The first-order valence-corrected chi connectivity index (χ1v) is 8.64. The van der Waals surface area contributed by atoms with Crippen LogP contribution in [-0.2, 0) is 0 Å². The Balaban J connectivity index is 1.57. The van der Waals surface area contributed by atoms with Crippen molar-refractivity contribution in [3.05, 3.63) is 71.8 Å². The first-order chi connectivity index (χ1) is 13.6. The highest BCUT2D eigenvalue weighted by Crippen LogP contribution is 2.25. The number of hydrogen-bond donors (Lipinski definition) is 3. The first-order valence-electron chi connectivity index (χ1n) is 8.64. The van der Waals surface area contributed by atoms with Gasteiger partial charge in [-0.1, -0.05) is 24.3 Å². The van der Waals surface area contributed by atoms with Gasteiger partial charge in [0.05, 0.1) is 19.2 Å². The molecule has 0 bridgehead atoms. The summed E-state index contributed by atoms with van der Waals surface area (Å²) in [5.41, 5.74) is 2.33. The smallest absolute Gasteiger partial charge is 0.274 e. The zero-order valence-corrected chi connectivity index (χ0v) is 15.3. The fourth-order valence-corrected chi connectivity index (χ4v) is 2.76. The number of nitrogens with one attached hydrogen (secondary N) is 2. The van der Waals surface area contributed by atoms with E-state index in [0.717, 1.165) is 10.8 Å². The summed E-state index contributed by atoms with van der Waals surface area (Å²) in [6, 6.07) is 17.7. The normalized spacial score (nSPS) is 10.4. The Morgan fingerprint density at radius 2 is 1.64 bits per heavy atom. The number of carbonyl (C=O) groups is 2. The Morgan fingerprint density at radius 3 is 2.29 bits per heavy atom. The van der Waals surface area contributed by atoms with E-state index in [1.54, 1.807) is 23.7 Å². The van der Waals surface area contributed by atoms with Crippen molar-refractivity contribution >= 4 is 22.6 Å². The maximum absolute atomic E-state index is 12.5. The van der Waals surface area contributed by atoms with Gasteiger partial charge in [-0.2, -0.15) is 0 Å². The highest BCUT2D eigenvalue weighted by molar-refractivity contribution is 6.01. The van der Waals surface area contributed by atoms with Crippen molar-refractivity contribution in [3.8, 4) is 11.5 Å². The van der Waals surface area contributed by atoms with Crippen LogP contribution in [0.2, 0.25) is 0 Å². The molecule has 0 spiro atoms. The van der Waals surface area contributed by atoms with Crippen LogP contribution >= 0.6 is 0 Å². The Morgan fingerprint density at radius 1 is 0.964 bits per heavy atom. The number of amides is 2. The maximum Gasteiger partial charge on any atom is 0.274 e. The quantitative estimate of drug-likeness (QED) is 0.333. The number of rotatable bonds is 7. The summed E-state index contributed by atoms with van der Waals surface area (Å²) in [5.74, 6) is 0.214. The van der Waals surface area contributed by atoms with Crippen molar-refractivity contribution in [2.45, 2.75) is 0 Å². The lowest BCUT2D eigenvalue weighted by Crippen LogP contribution is -2.28. The van der Waals surface area contributed by atoms with Gasteiger partial charge in [-0.3, -0.25) is 14.8 Å². The summed E-state index contributed by atoms with van der Waals surface area (Å²) < 4.78 is 10.9. The number of carbonyl (C=O) groups excluding carboxylic acids is 2. The van der Waals surface area contributed by atoms with Crippen LogP contribution in [0.1, 0.15) is 20.7 Å². The summed E-state index contributed by atoms with van der Waals surface area (Å²) in [6.45, 7) is 0.556. The van der Waals surface area contributed by atoms with Gasteiger partial charge in [-0.15, -0.1) is 0 Å². The van der Waals surface area contributed by atoms with Crippen LogP contribution in [0.5, 0.6) is 11.5 Å². The number of benzene rings is 3. The summed E-state index contributed by atoms with van der Waals surface area (Å²) in [4.78, 5) is 23.8. The molecule has 0 atom stereocenters. The van der Waals surface area contributed by atoms with Gasteiger partial charge in [0.25, 0.3) is 11.8 Å². The lowest BCUT2D eigenvalue weighted by molar-refractivity contribution is 0.0706. The zero-order chi connectivity index (χ0) is 19.9. The highest BCUT2D eigenvalue weighted by atomic mass is 16.5. The van der Waals surface area contributed by atoms with E-state index in [9.17, 15) is 9.59 Å². The Hall–Kier alpha value is -3.58. The van der Waals surface area contributed by atoms with E-state index < -0.39 is 5.91 Å². The molecule has 28 heavy (non-hydrogen) atoms. The fraction of sp³-hybridized carbons (Fsp3) is 0.143. The van der Waals surface area contributed by atoms with E-state index in [1.807, 2.05) is 30.3 Å². The fourth-order valence-electron chi connectivity index (χ4n) is 2.76. The molecule has 144 valence electrons. The van der Waals surface area contributed by atoms with E-state index in [0.29, 0.717) is 29.2 Å². The van der Waals surface area contributed by atoms with Gasteiger partial charge in [0.2, 0.25) is 0 Å². The second-order valence-electron chi connectivity index (χ2n) is 5.97. The lowest BCUT2D eigenvalue weighted by atomic mass is 10.1. The molecule has 3 aromatic carbocycles. The van der Waals surface area contributed by atoms with E-state index in [4.69, 9.17) is 14.7 Å². The van der Waals surface area contributed by atoms with Crippen molar-refractivity contribution in [2.24, 2.45) is 0 Å². The number of methoxy groups -OCH3 is 1. The number of hydroxylamine groups is 1. The van der Waals surface area contributed by atoms with E-state index in [2.05, 4.69) is 5.32 Å². The summed E-state index contributed by atoms with van der Waals surface area (Å²) >= 11 is 0. The van der Waals surface area contributed by atoms with Crippen LogP contribution in [0.3, 0.4) is 0 Å². The predicted molar refractivity (Wildman–Crippen MR) is 104 cm³/mol. The van der Waals surface area contributed by atoms with E-state index >= 15 is 0 Å². The third kappa shape index (κ3) is 4.39. The van der Waals surface area contributed by atoms with Crippen LogP contribution < -0.4 is 20.3 Å². The Labute approximate surface area is 161 Å². The molecule has 0 aliphatic carbocycles. The molecule has 0 saturated carbocycles. The molecule has 0 fully saturated rings. The molecule has 0 aliphatic rings. The van der Waals surface area contributed by atoms with E-state index in [-0.39, 0.29) is 12.5 Å². The van der Waals surface area contributed by atoms with Gasteiger partial charge >= 0.3 is 0 Å². The molecular weight excluding hydrogens is 360 g/mol. The van der Waals surface area contributed by atoms with Crippen molar-refractivity contribution in [2.75, 3.05) is 20.3 Å². The largest absolute Gasteiger partial charge is 0.496 e. The molecule has 0 aliphatic heterocycles. The third-order valence-electron chi connectivity index (χ3n) is 4.19. The van der Waals surface area contributed by atoms with Crippen LogP contribution in [0, 0.1) is 0 Å². The molecule has 3 N–H and O–H groups in total. The van der Waals surface area contributed by atoms with Gasteiger partial charge in [-0.05, 0) is 47.2 Å². The second-order valence-corrected chi connectivity index (χ2v) is 5.97. The van der Waals surface area contributed by atoms with Crippen LogP contribution in [0.15, 0.2) is 60.7 Å². The monoisotopic (exact) mass is 380 g/mol. The van der Waals surface area contributed by atoms with Crippen molar-refractivity contribution < 1.29 is 24.3 Å². The van der Waals surface area contributed by atoms with Crippen LogP contribution in [0.4, 0.5) is 0 Å². The summed E-state index contributed by atoms with van der Waals surface area (Å²) in [7, 11) is 1.53. The molecule has 3 rings (SSSR count). The number of hydrogen-bond acceptors (Lipinski definition) is 5. The molecule has 0 unspecified atom stereocenters. The van der Waals surface area contributed by atoms with Gasteiger partial charge in [-0.25, -0.2) is 5.48 Å². The van der Waals surface area contributed by atoms with E-state index in [1.165, 1.54) is 19.2 Å². The SMILES string of the molecule is COc1cc2ccccc2cc1C(=O)NCCOc1ccc(C(=O)NO)cc1. The Bertz CT molecular complexity index is 986. The zero-order valence-electron chi connectivity index (χ0n) is 15.3. The summed E-state index contributed by atoms with van der Waals surface area (Å²) in [6.07, 6.45) is 0.